The van der Waals surface area contributed by atoms with Gasteiger partial charge in [0.1, 0.15) is 11.8 Å². The molecule has 7 nitrogen and oxygen atoms in total. The van der Waals surface area contributed by atoms with Crippen LogP contribution in [0.2, 0.25) is 0 Å². The summed E-state index contributed by atoms with van der Waals surface area (Å²) >= 11 is 0. The summed E-state index contributed by atoms with van der Waals surface area (Å²) in [5.74, 6) is -0.0871. The molecule has 1 amide bonds. The summed E-state index contributed by atoms with van der Waals surface area (Å²) in [4.78, 5) is 12.1. The van der Waals surface area contributed by atoms with Gasteiger partial charge in [-0.25, -0.2) is 19.3 Å². The first-order valence-electron chi connectivity index (χ1n) is 7.59. The van der Waals surface area contributed by atoms with Crippen molar-refractivity contribution < 1.29 is 18.3 Å². The lowest BCUT2D eigenvalue weighted by Gasteiger charge is -2.12. The highest BCUT2D eigenvalue weighted by atomic mass is 32.2. The molecule has 0 aromatic heterocycles. The van der Waals surface area contributed by atoms with Gasteiger partial charge in [-0.15, -0.1) is 0 Å². The fraction of sp³-hybridized carbons (Fsp3) is 0.533. The summed E-state index contributed by atoms with van der Waals surface area (Å²) in [6.07, 6.45) is 0.549. The number of carbonyl (C=O) groups is 1. The van der Waals surface area contributed by atoms with Crippen molar-refractivity contribution in [2.75, 3.05) is 12.3 Å². The van der Waals surface area contributed by atoms with E-state index in [9.17, 15) is 18.3 Å². The maximum Gasteiger partial charge on any atom is 0.238 e. The smallest absolute Gasteiger partial charge is 0.238 e. The number of rotatable bonds is 6. The molecule has 8 heteroatoms. The Bertz CT molecular complexity index is 643. The summed E-state index contributed by atoms with van der Waals surface area (Å²) in [6.45, 7) is 3.37. The summed E-state index contributed by atoms with van der Waals surface area (Å²) in [5.41, 5.74) is 6.92. The van der Waals surface area contributed by atoms with E-state index < -0.39 is 21.1 Å². The largest absolute Gasteiger partial charge is 0.508 e. The molecule has 1 saturated heterocycles. The molecule has 0 aliphatic carbocycles. The van der Waals surface area contributed by atoms with E-state index in [4.69, 9.17) is 0 Å². The number of hydrogen-bond donors (Lipinski definition) is 4. The minimum absolute atomic E-state index is 0.0363. The van der Waals surface area contributed by atoms with Gasteiger partial charge in [-0.05, 0) is 38.0 Å². The molecule has 128 valence electrons. The summed E-state index contributed by atoms with van der Waals surface area (Å²) in [5, 5.41) is 11.5. The average Bonchev–Trinajstić information content (AvgIpc) is 2.97. The van der Waals surface area contributed by atoms with Crippen LogP contribution in [0.3, 0.4) is 0 Å². The fourth-order valence-corrected chi connectivity index (χ4v) is 3.19. The number of sulfone groups is 1. The molecule has 0 saturated carbocycles. The first kappa shape index (κ1) is 17.7. The number of amides is 1. The summed E-state index contributed by atoms with van der Waals surface area (Å²) < 4.78 is 23.4. The second-order valence-corrected chi connectivity index (χ2v) is 8.60. The van der Waals surface area contributed by atoms with Crippen LogP contribution in [-0.2, 0) is 14.6 Å². The van der Waals surface area contributed by atoms with Crippen LogP contribution in [0.15, 0.2) is 24.3 Å². The van der Waals surface area contributed by atoms with Crippen LogP contribution >= 0.6 is 0 Å². The molecule has 2 unspecified atom stereocenters. The Kier molecular flexibility index (Phi) is 5.61. The van der Waals surface area contributed by atoms with Gasteiger partial charge in [-0.1, -0.05) is 12.1 Å². The fourth-order valence-electron chi connectivity index (χ4n) is 2.33. The quantitative estimate of drug-likeness (QED) is 0.590. The van der Waals surface area contributed by atoms with Crippen molar-refractivity contribution in [1.29, 1.82) is 0 Å². The van der Waals surface area contributed by atoms with E-state index in [1.54, 1.807) is 38.1 Å². The van der Waals surface area contributed by atoms with Crippen molar-refractivity contribution in [1.82, 2.24) is 16.2 Å². The Hall–Kier alpha value is -1.64. The van der Waals surface area contributed by atoms with Crippen LogP contribution in [0.25, 0.3) is 0 Å². The predicted octanol–water partition coefficient (Wildman–Crippen LogP) is 0.239. The van der Waals surface area contributed by atoms with Gasteiger partial charge in [-0.3, -0.25) is 4.79 Å². The van der Waals surface area contributed by atoms with Crippen LogP contribution in [-0.4, -0.2) is 43.0 Å². The van der Waals surface area contributed by atoms with Crippen LogP contribution in [0, 0.1) is 0 Å². The molecule has 0 radical (unpaired) electrons. The van der Waals surface area contributed by atoms with Crippen LogP contribution < -0.4 is 16.2 Å². The van der Waals surface area contributed by atoms with Gasteiger partial charge >= 0.3 is 0 Å². The van der Waals surface area contributed by atoms with Gasteiger partial charge in [0.05, 0.1) is 11.0 Å². The van der Waals surface area contributed by atoms with Gasteiger partial charge in [0.2, 0.25) is 5.91 Å². The number of aromatic hydroxyl groups is 1. The minimum Gasteiger partial charge on any atom is -0.508 e. The minimum atomic E-state index is -3.15. The number of hydrogen-bond acceptors (Lipinski definition) is 6. The van der Waals surface area contributed by atoms with E-state index in [0.717, 1.165) is 5.56 Å². The predicted molar refractivity (Wildman–Crippen MR) is 87.5 cm³/mol. The summed E-state index contributed by atoms with van der Waals surface area (Å²) in [6, 6.07) is 6.33. The van der Waals surface area contributed by atoms with Crippen LogP contribution in [0.4, 0.5) is 0 Å². The zero-order valence-corrected chi connectivity index (χ0v) is 14.1. The number of phenolic OH excluding ortho intramolecular Hbond substituents is 1. The lowest BCUT2D eigenvalue weighted by atomic mass is 10.0. The average molecular weight is 341 g/mol. The van der Waals surface area contributed by atoms with Crippen molar-refractivity contribution >= 4 is 15.7 Å². The zero-order valence-electron chi connectivity index (χ0n) is 13.2. The Labute approximate surface area is 136 Å². The maximum absolute atomic E-state index is 12.1. The summed E-state index contributed by atoms with van der Waals surface area (Å²) in [7, 11) is -3.15. The first-order chi connectivity index (χ1) is 10.8. The highest BCUT2D eigenvalue weighted by Gasteiger charge is 2.30. The van der Waals surface area contributed by atoms with Gasteiger partial charge in [0.25, 0.3) is 0 Å². The molecule has 1 fully saturated rings. The second kappa shape index (κ2) is 7.29. The number of carbonyl (C=O) groups excluding carboxylic acids is 1. The van der Waals surface area contributed by atoms with Gasteiger partial charge in [-0.2, -0.15) is 0 Å². The van der Waals surface area contributed by atoms with Crippen molar-refractivity contribution in [2.24, 2.45) is 0 Å². The molecule has 2 rings (SSSR count). The molecular weight excluding hydrogens is 318 g/mol. The zero-order chi connectivity index (χ0) is 17.0. The molecule has 1 aromatic rings. The molecular formula is C15H23N3O4S. The van der Waals surface area contributed by atoms with E-state index in [1.165, 1.54) is 0 Å². The van der Waals surface area contributed by atoms with E-state index in [-0.39, 0.29) is 30.0 Å². The van der Waals surface area contributed by atoms with Gasteiger partial charge in [0, 0.05) is 12.6 Å². The SMILES string of the molecule is CC(C)S(=O)(=O)CCNC(=O)C1CC(c2ccc(O)cc2)NN1. The lowest BCUT2D eigenvalue weighted by molar-refractivity contribution is -0.122. The molecule has 1 heterocycles. The Morgan fingerprint density at radius 1 is 1.30 bits per heavy atom. The van der Waals surface area contributed by atoms with Crippen molar-refractivity contribution in [3.8, 4) is 5.75 Å². The molecule has 0 spiro atoms. The Balaban J connectivity index is 1.82. The van der Waals surface area contributed by atoms with Crippen molar-refractivity contribution in [3.63, 3.8) is 0 Å². The lowest BCUT2D eigenvalue weighted by Crippen LogP contribution is -2.44. The van der Waals surface area contributed by atoms with Gasteiger partial charge < -0.3 is 10.4 Å². The number of nitrogens with one attached hydrogen (secondary N) is 3. The normalized spacial score (nSPS) is 21.5. The van der Waals surface area contributed by atoms with E-state index in [0.29, 0.717) is 6.42 Å². The van der Waals surface area contributed by atoms with Crippen molar-refractivity contribution in [3.05, 3.63) is 29.8 Å². The Morgan fingerprint density at radius 2 is 1.96 bits per heavy atom. The van der Waals surface area contributed by atoms with Crippen LogP contribution in [0.1, 0.15) is 31.9 Å². The second-order valence-electron chi connectivity index (χ2n) is 5.93. The topological polar surface area (TPSA) is 108 Å². The third-order valence-corrected chi connectivity index (χ3v) is 6.13. The van der Waals surface area contributed by atoms with E-state index in [1.807, 2.05) is 0 Å². The third-order valence-electron chi connectivity index (χ3n) is 3.92. The monoisotopic (exact) mass is 341 g/mol. The van der Waals surface area contributed by atoms with Crippen molar-refractivity contribution in [2.45, 2.75) is 37.6 Å². The molecule has 23 heavy (non-hydrogen) atoms. The highest BCUT2D eigenvalue weighted by molar-refractivity contribution is 7.92. The molecule has 1 aliphatic heterocycles. The molecule has 2 atom stereocenters. The molecule has 1 aliphatic rings. The number of benzene rings is 1. The number of hydrazine groups is 1. The molecule has 1 aromatic carbocycles. The Morgan fingerprint density at radius 3 is 2.57 bits per heavy atom. The third kappa shape index (κ3) is 4.66. The van der Waals surface area contributed by atoms with E-state index >= 15 is 0 Å². The van der Waals surface area contributed by atoms with E-state index in [2.05, 4.69) is 16.2 Å². The molecule has 0 bridgehead atoms. The first-order valence-corrected chi connectivity index (χ1v) is 9.30. The van der Waals surface area contributed by atoms with Crippen LogP contribution in [0.5, 0.6) is 5.75 Å². The maximum atomic E-state index is 12.1. The molecule has 4 N–H and O–H groups in total. The highest BCUT2D eigenvalue weighted by Crippen LogP contribution is 2.23. The standard InChI is InChI=1S/C15H23N3O4S/c1-10(2)23(21,22)8-7-16-15(20)14-9-13(17-18-14)11-3-5-12(19)6-4-11/h3-6,10,13-14,17-19H,7-9H2,1-2H3,(H,16,20). The number of phenols is 1. The van der Waals surface area contributed by atoms with Gasteiger partial charge in [0.15, 0.2) is 9.84 Å².